The van der Waals surface area contributed by atoms with E-state index in [1.54, 1.807) is 12.4 Å². The maximum absolute atomic E-state index is 11.9. The van der Waals surface area contributed by atoms with Crippen molar-refractivity contribution in [2.75, 3.05) is 0 Å². The molecule has 3 aliphatic carbocycles. The molecule has 2 N–H and O–H groups in total. The number of amides is 2. The summed E-state index contributed by atoms with van der Waals surface area (Å²) in [7, 11) is 0. The fourth-order valence-electron chi connectivity index (χ4n) is 4.41. The Bertz CT molecular complexity index is 473. The van der Waals surface area contributed by atoms with Crippen LogP contribution in [0.3, 0.4) is 0 Å². The number of rotatable bonds is 3. The third-order valence-corrected chi connectivity index (χ3v) is 5.21. The van der Waals surface area contributed by atoms with Gasteiger partial charge in [0.1, 0.15) is 0 Å². The standard InChI is InChI=1S/C15H19N3O/c19-15(17-8-9-2-1-5-16-7-9)18-14-12-10-3-4-11(6-10)13(12)14/h1-2,5,7,10-14H,3-4,6,8H2,(H2,17,18,19). The third-order valence-electron chi connectivity index (χ3n) is 5.21. The smallest absolute Gasteiger partial charge is 0.315 e. The summed E-state index contributed by atoms with van der Waals surface area (Å²) in [5, 5.41) is 6.08. The van der Waals surface area contributed by atoms with Crippen LogP contribution < -0.4 is 10.6 Å². The highest BCUT2D eigenvalue weighted by molar-refractivity contribution is 5.74. The minimum atomic E-state index is -0.0253. The second kappa shape index (κ2) is 4.22. The molecule has 2 bridgehead atoms. The number of carbonyl (C=O) groups is 1. The Kier molecular flexibility index (Phi) is 2.50. The molecule has 0 spiro atoms. The first kappa shape index (κ1) is 11.3. The molecular weight excluding hydrogens is 238 g/mol. The molecule has 100 valence electrons. The normalized spacial score (nSPS) is 37.8. The van der Waals surface area contributed by atoms with Gasteiger partial charge in [-0.15, -0.1) is 0 Å². The van der Waals surface area contributed by atoms with E-state index in [1.807, 2.05) is 12.1 Å². The summed E-state index contributed by atoms with van der Waals surface area (Å²) < 4.78 is 0. The maximum Gasteiger partial charge on any atom is 0.315 e. The fourth-order valence-corrected chi connectivity index (χ4v) is 4.41. The van der Waals surface area contributed by atoms with Gasteiger partial charge < -0.3 is 10.6 Å². The molecular formula is C15H19N3O. The molecule has 0 radical (unpaired) electrons. The van der Waals surface area contributed by atoms with E-state index >= 15 is 0 Å². The van der Waals surface area contributed by atoms with Gasteiger partial charge in [0.25, 0.3) is 0 Å². The first-order valence-electron chi connectivity index (χ1n) is 7.26. The molecule has 4 heteroatoms. The van der Waals surface area contributed by atoms with Gasteiger partial charge in [0, 0.05) is 25.0 Å². The monoisotopic (exact) mass is 257 g/mol. The fraction of sp³-hybridized carbons (Fsp3) is 0.600. The van der Waals surface area contributed by atoms with Gasteiger partial charge in [-0.1, -0.05) is 6.07 Å². The van der Waals surface area contributed by atoms with Crippen molar-refractivity contribution in [1.29, 1.82) is 0 Å². The van der Waals surface area contributed by atoms with Crippen LogP contribution in [-0.4, -0.2) is 17.1 Å². The number of urea groups is 1. The molecule has 0 saturated heterocycles. The Morgan fingerprint density at radius 2 is 2.11 bits per heavy atom. The topological polar surface area (TPSA) is 54.0 Å². The summed E-state index contributed by atoms with van der Waals surface area (Å²) in [6.07, 6.45) is 7.73. The highest BCUT2D eigenvalue weighted by Gasteiger charge is 2.65. The van der Waals surface area contributed by atoms with E-state index in [9.17, 15) is 4.79 Å². The summed E-state index contributed by atoms with van der Waals surface area (Å²) in [4.78, 5) is 15.9. The molecule has 3 fully saturated rings. The second-order valence-corrected chi connectivity index (χ2v) is 6.20. The van der Waals surface area contributed by atoms with E-state index in [-0.39, 0.29) is 6.03 Å². The number of hydrogen-bond acceptors (Lipinski definition) is 2. The zero-order valence-electron chi connectivity index (χ0n) is 10.9. The lowest BCUT2D eigenvalue weighted by Gasteiger charge is -2.11. The van der Waals surface area contributed by atoms with Gasteiger partial charge in [0.05, 0.1) is 0 Å². The largest absolute Gasteiger partial charge is 0.335 e. The molecule has 4 atom stereocenters. The van der Waals surface area contributed by atoms with Crippen molar-refractivity contribution in [1.82, 2.24) is 15.6 Å². The van der Waals surface area contributed by atoms with Crippen LogP contribution in [-0.2, 0) is 6.54 Å². The molecule has 4 unspecified atom stereocenters. The van der Waals surface area contributed by atoms with E-state index in [0.29, 0.717) is 12.6 Å². The molecule has 1 heterocycles. The van der Waals surface area contributed by atoms with Crippen molar-refractivity contribution in [2.24, 2.45) is 23.7 Å². The molecule has 4 nitrogen and oxygen atoms in total. The van der Waals surface area contributed by atoms with Gasteiger partial charge in [-0.25, -0.2) is 4.79 Å². The van der Waals surface area contributed by atoms with E-state index in [0.717, 1.165) is 29.2 Å². The van der Waals surface area contributed by atoms with Crippen LogP contribution in [0, 0.1) is 23.7 Å². The van der Waals surface area contributed by atoms with Crippen LogP contribution in [0.2, 0.25) is 0 Å². The van der Waals surface area contributed by atoms with Crippen molar-refractivity contribution in [2.45, 2.75) is 31.8 Å². The molecule has 2 amide bonds. The van der Waals surface area contributed by atoms with Gasteiger partial charge in [-0.2, -0.15) is 0 Å². The minimum absolute atomic E-state index is 0.0253. The van der Waals surface area contributed by atoms with Gasteiger partial charge in [-0.05, 0) is 54.6 Å². The summed E-state index contributed by atoms with van der Waals surface area (Å²) in [5.41, 5.74) is 1.04. The van der Waals surface area contributed by atoms with Crippen molar-refractivity contribution in [3.05, 3.63) is 30.1 Å². The summed E-state index contributed by atoms with van der Waals surface area (Å²) >= 11 is 0. The van der Waals surface area contributed by atoms with Crippen LogP contribution in [0.15, 0.2) is 24.5 Å². The van der Waals surface area contributed by atoms with Gasteiger partial charge in [-0.3, -0.25) is 4.98 Å². The van der Waals surface area contributed by atoms with Crippen molar-refractivity contribution in [3.8, 4) is 0 Å². The molecule has 19 heavy (non-hydrogen) atoms. The summed E-state index contributed by atoms with van der Waals surface area (Å²) in [6, 6.07) is 4.29. The predicted molar refractivity (Wildman–Crippen MR) is 71.2 cm³/mol. The van der Waals surface area contributed by atoms with E-state index in [1.165, 1.54) is 19.3 Å². The Balaban J connectivity index is 1.27. The lowest BCUT2D eigenvalue weighted by Crippen LogP contribution is -2.38. The van der Waals surface area contributed by atoms with Crippen molar-refractivity contribution in [3.63, 3.8) is 0 Å². The van der Waals surface area contributed by atoms with Crippen molar-refractivity contribution < 1.29 is 4.79 Å². The maximum atomic E-state index is 11.9. The van der Waals surface area contributed by atoms with Crippen LogP contribution in [0.4, 0.5) is 4.79 Å². The molecule has 3 saturated carbocycles. The molecule has 1 aromatic heterocycles. The molecule has 1 aromatic rings. The van der Waals surface area contributed by atoms with Crippen LogP contribution >= 0.6 is 0 Å². The highest BCUT2D eigenvalue weighted by Crippen LogP contribution is 2.65. The zero-order valence-corrected chi connectivity index (χ0v) is 10.9. The number of nitrogens with one attached hydrogen (secondary N) is 2. The Morgan fingerprint density at radius 1 is 1.32 bits per heavy atom. The number of nitrogens with zero attached hydrogens (tertiary/aromatic N) is 1. The first-order valence-corrected chi connectivity index (χ1v) is 7.26. The minimum Gasteiger partial charge on any atom is -0.335 e. The Labute approximate surface area is 113 Å². The Hall–Kier alpha value is -1.58. The summed E-state index contributed by atoms with van der Waals surface area (Å²) in [6.45, 7) is 0.550. The van der Waals surface area contributed by atoms with Crippen molar-refractivity contribution >= 4 is 6.03 Å². The summed E-state index contributed by atoms with van der Waals surface area (Å²) in [5.74, 6) is 3.39. The molecule has 0 aliphatic heterocycles. The number of pyridine rings is 1. The average molecular weight is 257 g/mol. The van der Waals surface area contributed by atoms with E-state index in [4.69, 9.17) is 0 Å². The zero-order chi connectivity index (χ0) is 12.8. The van der Waals surface area contributed by atoms with Gasteiger partial charge in [0.2, 0.25) is 0 Å². The SMILES string of the molecule is O=C(NCc1cccnc1)NC1C2C3CCC(C3)C12. The van der Waals surface area contributed by atoms with Gasteiger partial charge >= 0.3 is 6.03 Å². The van der Waals surface area contributed by atoms with Crippen LogP contribution in [0.25, 0.3) is 0 Å². The number of carbonyl (C=O) groups excluding carboxylic acids is 1. The number of aromatic nitrogens is 1. The number of hydrogen-bond donors (Lipinski definition) is 2. The molecule has 4 rings (SSSR count). The second-order valence-electron chi connectivity index (χ2n) is 6.20. The molecule has 3 aliphatic rings. The lowest BCUT2D eigenvalue weighted by atomic mass is 10.0. The van der Waals surface area contributed by atoms with Crippen LogP contribution in [0.1, 0.15) is 24.8 Å². The predicted octanol–water partition coefficient (Wildman–Crippen LogP) is 1.93. The van der Waals surface area contributed by atoms with Crippen LogP contribution in [0.5, 0.6) is 0 Å². The third kappa shape index (κ3) is 1.90. The average Bonchev–Trinajstić information content (AvgIpc) is 2.85. The van der Waals surface area contributed by atoms with Gasteiger partial charge in [0.15, 0.2) is 0 Å². The lowest BCUT2D eigenvalue weighted by molar-refractivity contribution is 0.238. The van der Waals surface area contributed by atoms with E-state index in [2.05, 4.69) is 15.6 Å². The first-order chi connectivity index (χ1) is 9.33. The number of fused-ring (bicyclic) bond motifs is 5. The van der Waals surface area contributed by atoms with E-state index < -0.39 is 0 Å². The molecule has 0 aromatic carbocycles. The Morgan fingerprint density at radius 3 is 2.79 bits per heavy atom. The quantitative estimate of drug-likeness (QED) is 0.869. The highest BCUT2D eigenvalue weighted by atomic mass is 16.2.